The summed E-state index contributed by atoms with van der Waals surface area (Å²) >= 11 is 6.46. The third-order valence-electron chi connectivity index (χ3n) is 5.85. The quantitative estimate of drug-likeness (QED) is 0.177. The number of piperidine rings is 1. The standard InChI is InChI=1S/C24H21ClFN5O2.C2HF3O2/c25-18-10-15(33-14-4-2-1-3-5-14)6-7-16(18)22(32)17-11-28-23-21(17)24(30-13-29-23)31-20-8-9-27-12-19(20)26;3-2(4,5)1(6)7/h1-7,10-11,13,19-20,27H,8-9,12H2,(H2,28,29,30,31);(H,6,7)/t19-,20-;/m1./s1. The van der Waals surface area contributed by atoms with Crippen molar-refractivity contribution < 1.29 is 37.0 Å². The van der Waals surface area contributed by atoms with Gasteiger partial charge in [0.1, 0.15) is 35.5 Å². The van der Waals surface area contributed by atoms with E-state index >= 15 is 0 Å². The van der Waals surface area contributed by atoms with Gasteiger partial charge in [-0.2, -0.15) is 13.2 Å². The van der Waals surface area contributed by atoms with Crippen molar-refractivity contribution in [2.45, 2.75) is 24.8 Å². The number of aromatic nitrogens is 3. The second-order valence-electron chi connectivity index (χ2n) is 8.60. The molecule has 1 fully saturated rings. The summed E-state index contributed by atoms with van der Waals surface area (Å²) < 4.78 is 51.9. The highest BCUT2D eigenvalue weighted by Crippen LogP contribution is 2.32. The van der Waals surface area contributed by atoms with Crippen LogP contribution in [-0.2, 0) is 4.79 Å². The van der Waals surface area contributed by atoms with Crippen molar-refractivity contribution in [3.05, 3.63) is 77.2 Å². The van der Waals surface area contributed by atoms with Crippen molar-refractivity contribution in [3.63, 3.8) is 0 Å². The minimum absolute atomic E-state index is 0.260. The summed E-state index contributed by atoms with van der Waals surface area (Å²) in [5, 5.41) is 14.1. The Morgan fingerprint density at radius 2 is 1.80 bits per heavy atom. The van der Waals surface area contributed by atoms with Gasteiger partial charge < -0.3 is 25.5 Å². The van der Waals surface area contributed by atoms with Gasteiger partial charge in [0.2, 0.25) is 0 Å². The number of rotatable bonds is 6. The summed E-state index contributed by atoms with van der Waals surface area (Å²) in [6.45, 7) is 0.982. The number of hydrogen-bond acceptors (Lipinski definition) is 7. The van der Waals surface area contributed by atoms with E-state index in [1.807, 2.05) is 30.3 Å². The molecule has 0 radical (unpaired) electrons. The Labute approximate surface area is 229 Å². The zero-order chi connectivity index (χ0) is 28.9. The zero-order valence-electron chi connectivity index (χ0n) is 20.5. The molecule has 0 saturated carbocycles. The number of para-hydroxylation sites is 1. The molecule has 4 N–H and O–H groups in total. The number of ketones is 1. The van der Waals surface area contributed by atoms with E-state index in [1.54, 1.807) is 24.4 Å². The molecule has 3 heterocycles. The molecular formula is C26H22ClF4N5O4. The minimum atomic E-state index is -5.08. The Balaban J connectivity index is 0.000000470. The van der Waals surface area contributed by atoms with E-state index in [1.165, 1.54) is 6.33 Å². The number of alkyl halides is 4. The highest BCUT2D eigenvalue weighted by atomic mass is 35.5. The predicted octanol–water partition coefficient (Wildman–Crippen LogP) is 5.38. The summed E-state index contributed by atoms with van der Waals surface area (Å²) in [7, 11) is 0. The van der Waals surface area contributed by atoms with E-state index < -0.39 is 24.4 Å². The lowest BCUT2D eigenvalue weighted by Gasteiger charge is -2.28. The molecule has 2 aromatic carbocycles. The first kappa shape index (κ1) is 28.8. The molecule has 1 aliphatic rings. The lowest BCUT2D eigenvalue weighted by atomic mass is 10.0. The predicted molar refractivity (Wildman–Crippen MR) is 139 cm³/mol. The maximum Gasteiger partial charge on any atom is 0.490 e. The molecule has 0 spiro atoms. The van der Waals surface area contributed by atoms with Crippen molar-refractivity contribution >= 4 is 40.2 Å². The van der Waals surface area contributed by atoms with E-state index in [2.05, 4.69) is 25.6 Å². The number of H-pyrrole nitrogens is 1. The summed E-state index contributed by atoms with van der Waals surface area (Å²) in [5.41, 5.74) is 1.16. The van der Waals surface area contributed by atoms with Crippen LogP contribution in [0.2, 0.25) is 5.02 Å². The Morgan fingerprint density at radius 1 is 1.07 bits per heavy atom. The maximum absolute atomic E-state index is 14.4. The van der Waals surface area contributed by atoms with Crippen LogP contribution in [0.15, 0.2) is 61.1 Å². The number of carbonyl (C=O) groups is 2. The molecule has 5 rings (SSSR count). The molecule has 14 heteroatoms. The molecule has 9 nitrogen and oxygen atoms in total. The van der Waals surface area contributed by atoms with Crippen LogP contribution in [-0.4, -0.2) is 63.3 Å². The number of nitrogens with zero attached hydrogens (tertiary/aromatic N) is 2. The van der Waals surface area contributed by atoms with Crippen LogP contribution in [0.5, 0.6) is 11.5 Å². The smallest absolute Gasteiger partial charge is 0.475 e. The molecule has 0 amide bonds. The second-order valence-corrected chi connectivity index (χ2v) is 9.00. The van der Waals surface area contributed by atoms with Crippen molar-refractivity contribution in [3.8, 4) is 11.5 Å². The first-order valence-corrected chi connectivity index (χ1v) is 12.2. The lowest BCUT2D eigenvalue weighted by Crippen LogP contribution is -2.45. The van der Waals surface area contributed by atoms with Gasteiger partial charge >= 0.3 is 12.1 Å². The first-order chi connectivity index (χ1) is 19.0. The normalized spacial score (nSPS) is 17.0. The molecule has 0 unspecified atom stereocenters. The number of fused-ring (bicyclic) bond motifs is 1. The van der Waals surface area contributed by atoms with E-state index in [-0.39, 0.29) is 17.4 Å². The lowest BCUT2D eigenvalue weighted by molar-refractivity contribution is -0.192. The van der Waals surface area contributed by atoms with E-state index in [9.17, 15) is 22.4 Å². The van der Waals surface area contributed by atoms with E-state index in [0.717, 1.165) is 0 Å². The summed E-state index contributed by atoms with van der Waals surface area (Å²) in [6, 6.07) is 13.8. The fraction of sp³-hybridized carbons (Fsp3) is 0.231. The van der Waals surface area contributed by atoms with Gasteiger partial charge in [-0.3, -0.25) is 4.79 Å². The number of ether oxygens (including phenoxy) is 1. The minimum Gasteiger partial charge on any atom is -0.475 e. The summed E-state index contributed by atoms with van der Waals surface area (Å²) in [5.74, 6) is -1.45. The number of carboxylic acid groups (broad SMARTS) is 1. The number of carboxylic acids is 1. The van der Waals surface area contributed by atoms with Crippen LogP contribution in [0.1, 0.15) is 22.3 Å². The monoisotopic (exact) mass is 579 g/mol. The van der Waals surface area contributed by atoms with Gasteiger partial charge in [0.05, 0.1) is 22.0 Å². The number of aliphatic carboxylic acids is 1. The van der Waals surface area contributed by atoms with Crippen molar-refractivity contribution in [2.75, 3.05) is 18.4 Å². The molecule has 0 bridgehead atoms. The highest BCUT2D eigenvalue weighted by molar-refractivity contribution is 6.35. The molecule has 0 aliphatic carbocycles. The molecule has 2 atom stereocenters. The molecule has 4 aromatic rings. The van der Waals surface area contributed by atoms with E-state index in [0.29, 0.717) is 52.4 Å². The number of benzene rings is 2. The topological polar surface area (TPSA) is 129 Å². The van der Waals surface area contributed by atoms with Crippen LogP contribution in [0.25, 0.3) is 11.0 Å². The third-order valence-corrected chi connectivity index (χ3v) is 6.16. The van der Waals surface area contributed by atoms with Crippen LogP contribution < -0.4 is 15.4 Å². The van der Waals surface area contributed by atoms with E-state index in [4.69, 9.17) is 26.2 Å². The van der Waals surface area contributed by atoms with Crippen LogP contribution in [0, 0.1) is 0 Å². The van der Waals surface area contributed by atoms with Crippen LogP contribution in [0.4, 0.5) is 23.4 Å². The van der Waals surface area contributed by atoms with Crippen LogP contribution in [0.3, 0.4) is 0 Å². The van der Waals surface area contributed by atoms with Gasteiger partial charge in [0.25, 0.3) is 0 Å². The fourth-order valence-electron chi connectivity index (χ4n) is 3.92. The third kappa shape index (κ3) is 6.85. The van der Waals surface area contributed by atoms with Crippen molar-refractivity contribution in [1.29, 1.82) is 0 Å². The average Bonchev–Trinajstić information content (AvgIpc) is 3.35. The molecule has 210 valence electrons. The molecule has 1 aliphatic heterocycles. The Kier molecular flexibility index (Phi) is 8.85. The Bertz CT molecular complexity index is 1500. The molecule has 2 aromatic heterocycles. The number of anilines is 1. The molecular weight excluding hydrogens is 558 g/mol. The SMILES string of the molecule is O=C(O)C(F)(F)F.O=C(c1ccc(Oc2ccccc2)cc1Cl)c1c[nH]c2ncnc(N[C@@H]3CCNC[C@H]3F)c12. The van der Waals surface area contributed by atoms with Crippen molar-refractivity contribution in [1.82, 2.24) is 20.3 Å². The second kappa shape index (κ2) is 12.3. The van der Waals surface area contributed by atoms with Gasteiger partial charge in [0, 0.05) is 24.4 Å². The van der Waals surface area contributed by atoms with Gasteiger partial charge in [0.15, 0.2) is 5.78 Å². The van der Waals surface area contributed by atoms with Gasteiger partial charge in [-0.25, -0.2) is 19.2 Å². The largest absolute Gasteiger partial charge is 0.490 e. The molecule has 40 heavy (non-hydrogen) atoms. The molecule has 1 saturated heterocycles. The fourth-order valence-corrected chi connectivity index (χ4v) is 4.18. The number of carbonyl (C=O) groups excluding carboxylic acids is 1. The van der Waals surface area contributed by atoms with Gasteiger partial charge in [-0.05, 0) is 37.2 Å². The van der Waals surface area contributed by atoms with Crippen LogP contribution >= 0.6 is 11.6 Å². The summed E-state index contributed by atoms with van der Waals surface area (Å²) in [6.07, 6.45) is -2.58. The number of aromatic amines is 1. The maximum atomic E-state index is 14.4. The van der Waals surface area contributed by atoms with Gasteiger partial charge in [-0.15, -0.1) is 0 Å². The number of nitrogens with one attached hydrogen (secondary N) is 3. The highest BCUT2D eigenvalue weighted by Gasteiger charge is 2.38. The zero-order valence-corrected chi connectivity index (χ0v) is 21.3. The number of hydrogen-bond donors (Lipinski definition) is 4. The Morgan fingerprint density at radius 3 is 2.45 bits per heavy atom. The average molecular weight is 580 g/mol. The number of halogens is 5. The Hall–Kier alpha value is -4.23. The first-order valence-electron chi connectivity index (χ1n) is 11.8. The van der Waals surface area contributed by atoms with Gasteiger partial charge in [-0.1, -0.05) is 29.8 Å². The summed E-state index contributed by atoms with van der Waals surface area (Å²) in [4.78, 5) is 33.8. The van der Waals surface area contributed by atoms with Crippen molar-refractivity contribution in [2.24, 2.45) is 0 Å².